The van der Waals surface area contributed by atoms with Gasteiger partial charge in [0, 0.05) is 32.0 Å². The summed E-state index contributed by atoms with van der Waals surface area (Å²) >= 11 is 2.06. The van der Waals surface area contributed by atoms with Gasteiger partial charge in [0.2, 0.25) is 0 Å². The maximum Gasteiger partial charge on any atom is 0.191 e. The predicted octanol–water partition coefficient (Wildman–Crippen LogP) is 3.40. The summed E-state index contributed by atoms with van der Waals surface area (Å²) in [5, 5.41) is 6.83. The predicted molar refractivity (Wildman–Crippen MR) is 111 cm³/mol. The molecule has 2 rings (SSSR count). The number of nitrogens with zero attached hydrogens (tertiary/aromatic N) is 1. The number of rotatable bonds is 6. The third kappa shape index (κ3) is 6.89. The second-order valence-corrected chi connectivity index (χ2v) is 7.61. The minimum atomic E-state index is 0. The maximum absolute atomic E-state index is 5.13. The van der Waals surface area contributed by atoms with Gasteiger partial charge in [0.1, 0.15) is 0 Å². The molecule has 0 bridgehead atoms. The molecule has 0 aliphatic carbocycles. The third-order valence-electron chi connectivity index (χ3n) is 3.95. The van der Waals surface area contributed by atoms with E-state index < -0.39 is 0 Å². The quantitative estimate of drug-likeness (QED) is 0.397. The van der Waals surface area contributed by atoms with Crippen LogP contribution in [0.5, 0.6) is 0 Å². The largest absolute Gasteiger partial charge is 0.380 e. The SMILES string of the molecule is CN=C(NCc1ccc(COC)cc1)NCC1(C)CCCS1.I. The standard InChI is InChI=1S/C17H27N3OS.HI/c1-17(9-4-10-22-17)13-20-16(18-2)19-11-14-5-7-15(8-6-14)12-21-3;/h5-8H,4,9-13H2,1-3H3,(H2,18,19,20);1H. The Morgan fingerprint density at radius 2 is 1.96 bits per heavy atom. The molecule has 6 heteroatoms. The van der Waals surface area contributed by atoms with Gasteiger partial charge < -0.3 is 15.4 Å². The van der Waals surface area contributed by atoms with Gasteiger partial charge in [-0.2, -0.15) is 11.8 Å². The molecule has 1 aromatic carbocycles. The number of benzene rings is 1. The number of thioether (sulfide) groups is 1. The van der Waals surface area contributed by atoms with E-state index in [1.54, 1.807) is 7.11 Å². The molecule has 1 heterocycles. The summed E-state index contributed by atoms with van der Waals surface area (Å²) in [6, 6.07) is 8.46. The molecule has 0 aromatic heterocycles. The zero-order valence-corrected chi connectivity index (χ0v) is 17.4. The van der Waals surface area contributed by atoms with Crippen molar-refractivity contribution in [3.05, 3.63) is 35.4 Å². The molecule has 23 heavy (non-hydrogen) atoms. The fourth-order valence-electron chi connectivity index (χ4n) is 2.57. The van der Waals surface area contributed by atoms with Crippen molar-refractivity contribution < 1.29 is 4.74 Å². The van der Waals surface area contributed by atoms with Gasteiger partial charge in [-0.15, -0.1) is 24.0 Å². The highest BCUT2D eigenvalue weighted by molar-refractivity contribution is 14.0. The van der Waals surface area contributed by atoms with Gasteiger partial charge in [-0.05, 0) is 36.6 Å². The van der Waals surface area contributed by atoms with Gasteiger partial charge in [-0.1, -0.05) is 24.3 Å². The summed E-state index contributed by atoms with van der Waals surface area (Å²) < 4.78 is 5.47. The zero-order chi connectivity index (χ0) is 15.8. The summed E-state index contributed by atoms with van der Waals surface area (Å²) in [6.07, 6.45) is 2.60. The van der Waals surface area contributed by atoms with Crippen molar-refractivity contribution in [2.45, 2.75) is 37.7 Å². The average molecular weight is 449 g/mol. The highest BCUT2D eigenvalue weighted by Gasteiger charge is 2.29. The Labute approximate surface area is 161 Å². The van der Waals surface area contributed by atoms with E-state index in [9.17, 15) is 0 Å². The van der Waals surface area contributed by atoms with E-state index in [0.717, 1.165) is 19.0 Å². The van der Waals surface area contributed by atoms with Crippen molar-refractivity contribution in [3.8, 4) is 0 Å². The molecule has 1 saturated heterocycles. The minimum Gasteiger partial charge on any atom is -0.380 e. The van der Waals surface area contributed by atoms with E-state index in [0.29, 0.717) is 11.4 Å². The van der Waals surface area contributed by atoms with Gasteiger partial charge in [0.05, 0.1) is 6.61 Å². The summed E-state index contributed by atoms with van der Waals surface area (Å²) in [5.41, 5.74) is 2.43. The van der Waals surface area contributed by atoms with E-state index >= 15 is 0 Å². The number of ether oxygens (including phenoxy) is 1. The van der Waals surface area contributed by atoms with E-state index in [4.69, 9.17) is 4.74 Å². The van der Waals surface area contributed by atoms with Crippen molar-refractivity contribution in [1.29, 1.82) is 0 Å². The topological polar surface area (TPSA) is 45.7 Å². The monoisotopic (exact) mass is 449 g/mol. The Hall–Kier alpha value is -0.470. The van der Waals surface area contributed by atoms with Crippen LogP contribution in [-0.4, -0.2) is 37.2 Å². The second-order valence-electron chi connectivity index (χ2n) is 5.93. The van der Waals surface area contributed by atoms with Crippen molar-refractivity contribution in [1.82, 2.24) is 10.6 Å². The molecule has 2 N–H and O–H groups in total. The molecule has 0 saturated carbocycles. The van der Waals surface area contributed by atoms with Crippen molar-refractivity contribution in [2.24, 2.45) is 4.99 Å². The molecule has 1 aliphatic heterocycles. The average Bonchev–Trinajstić information content (AvgIpc) is 2.96. The number of methoxy groups -OCH3 is 1. The van der Waals surface area contributed by atoms with Crippen LogP contribution in [0.4, 0.5) is 0 Å². The normalized spacial score (nSPS) is 20.9. The van der Waals surface area contributed by atoms with Crippen LogP contribution < -0.4 is 10.6 Å². The summed E-state index contributed by atoms with van der Waals surface area (Å²) in [7, 11) is 3.54. The fourth-order valence-corrected chi connectivity index (χ4v) is 3.82. The van der Waals surface area contributed by atoms with E-state index in [2.05, 4.69) is 58.6 Å². The smallest absolute Gasteiger partial charge is 0.191 e. The molecule has 0 radical (unpaired) electrons. The van der Waals surface area contributed by atoms with Crippen LogP contribution in [0, 0.1) is 0 Å². The third-order valence-corrected chi connectivity index (χ3v) is 5.49. The number of halogens is 1. The Balaban J connectivity index is 0.00000264. The zero-order valence-electron chi connectivity index (χ0n) is 14.2. The van der Waals surface area contributed by atoms with Crippen LogP contribution in [0.15, 0.2) is 29.3 Å². The maximum atomic E-state index is 5.13. The van der Waals surface area contributed by atoms with Gasteiger partial charge in [-0.3, -0.25) is 4.99 Å². The molecule has 0 spiro atoms. The number of guanidine groups is 1. The number of hydrogen-bond donors (Lipinski definition) is 2. The second kappa shape index (κ2) is 10.4. The lowest BCUT2D eigenvalue weighted by Gasteiger charge is -2.24. The molecular weight excluding hydrogens is 421 g/mol. The van der Waals surface area contributed by atoms with E-state index in [1.165, 1.54) is 29.7 Å². The first-order valence-corrected chi connectivity index (χ1v) is 8.79. The Morgan fingerprint density at radius 3 is 2.52 bits per heavy atom. The lowest BCUT2D eigenvalue weighted by atomic mass is 10.1. The first-order valence-electron chi connectivity index (χ1n) is 7.80. The lowest BCUT2D eigenvalue weighted by molar-refractivity contribution is 0.185. The van der Waals surface area contributed by atoms with Crippen LogP contribution in [0.25, 0.3) is 0 Å². The van der Waals surface area contributed by atoms with Crippen LogP contribution in [0.2, 0.25) is 0 Å². The minimum absolute atomic E-state index is 0. The molecule has 1 fully saturated rings. The molecule has 1 aromatic rings. The Kier molecular flexibility index (Phi) is 9.31. The van der Waals surface area contributed by atoms with Gasteiger partial charge in [0.15, 0.2) is 5.96 Å². The van der Waals surface area contributed by atoms with Gasteiger partial charge >= 0.3 is 0 Å². The first kappa shape index (κ1) is 20.6. The van der Waals surface area contributed by atoms with Crippen LogP contribution in [0.3, 0.4) is 0 Å². The highest BCUT2D eigenvalue weighted by atomic mass is 127. The molecule has 4 nitrogen and oxygen atoms in total. The summed E-state index contributed by atoms with van der Waals surface area (Å²) in [6.45, 7) is 4.73. The fraction of sp³-hybridized carbons (Fsp3) is 0.588. The molecule has 1 unspecified atom stereocenters. The Bertz CT molecular complexity index is 487. The molecule has 1 atom stereocenters. The molecule has 1 aliphatic rings. The van der Waals surface area contributed by atoms with Crippen molar-refractivity contribution in [2.75, 3.05) is 26.5 Å². The van der Waals surface area contributed by atoms with E-state index in [-0.39, 0.29) is 24.0 Å². The molecular formula is C17H28IN3OS. The van der Waals surface area contributed by atoms with E-state index in [1.807, 2.05) is 7.05 Å². The van der Waals surface area contributed by atoms with Crippen LogP contribution in [-0.2, 0) is 17.9 Å². The first-order chi connectivity index (χ1) is 10.6. The summed E-state index contributed by atoms with van der Waals surface area (Å²) in [4.78, 5) is 4.31. The number of hydrogen-bond acceptors (Lipinski definition) is 3. The summed E-state index contributed by atoms with van der Waals surface area (Å²) in [5.74, 6) is 2.15. The highest BCUT2D eigenvalue weighted by Crippen LogP contribution is 2.36. The van der Waals surface area contributed by atoms with Gasteiger partial charge in [0.25, 0.3) is 0 Å². The molecule has 0 amide bonds. The molecule has 130 valence electrons. The lowest BCUT2D eigenvalue weighted by Crippen LogP contribution is -2.43. The Morgan fingerprint density at radius 1 is 1.26 bits per heavy atom. The van der Waals surface area contributed by atoms with Crippen molar-refractivity contribution in [3.63, 3.8) is 0 Å². The number of nitrogens with one attached hydrogen (secondary N) is 2. The van der Waals surface area contributed by atoms with Crippen molar-refractivity contribution >= 4 is 41.7 Å². The van der Waals surface area contributed by atoms with Crippen LogP contribution in [0.1, 0.15) is 30.9 Å². The van der Waals surface area contributed by atoms with Crippen LogP contribution >= 0.6 is 35.7 Å². The number of aliphatic imine (C=N–C) groups is 1. The van der Waals surface area contributed by atoms with Gasteiger partial charge in [-0.25, -0.2) is 0 Å².